The molecule has 1 unspecified atom stereocenters. The summed E-state index contributed by atoms with van der Waals surface area (Å²) in [6.45, 7) is 2.32. The van der Waals surface area contributed by atoms with Gasteiger partial charge in [-0.3, -0.25) is 0 Å². The van der Waals surface area contributed by atoms with E-state index in [0.29, 0.717) is 6.07 Å². The number of benzene rings is 1. The van der Waals surface area contributed by atoms with Crippen molar-refractivity contribution in [3.8, 4) is 0 Å². The van der Waals surface area contributed by atoms with Crippen LogP contribution in [0.1, 0.15) is 29.8 Å². The van der Waals surface area contributed by atoms with Crippen molar-refractivity contribution in [3.63, 3.8) is 0 Å². The predicted octanol–water partition coefficient (Wildman–Crippen LogP) is 4.21. The first kappa shape index (κ1) is 20.6. The Kier molecular flexibility index (Phi) is 6.17. The van der Waals surface area contributed by atoms with Crippen molar-refractivity contribution in [2.75, 3.05) is 0 Å². The number of carbonyl (C=O) groups excluding carboxylic acids is 1. The van der Waals surface area contributed by atoms with Crippen LogP contribution in [0.4, 0.5) is 22.0 Å². The normalized spacial score (nSPS) is 13.7. The van der Waals surface area contributed by atoms with Crippen molar-refractivity contribution >= 4 is 34.5 Å². The molecule has 0 saturated carbocycles. The van der Waals surface area contributed by atoms with E-state index in [2.05, 4.69) is 4.74 Å². The number of alkyl halides is 5. The van der Waals surface area contributed by atoms with Gasteiger partial charge < -0.3 is 9.84 Å². The third kappa shape index (κ3) is 4.54. The molecule has 0 radical (unpaired) electrons. The molecule has 0 aliphatic heterocycles. The van der Waals surface area contributed by atoms with E-state index in [1.807, 2.05) is 0 Å². The molecule has 1 aromatic rings. The molecule has 1 aromatic carbocycles. The Hall–Kier alpha value is -1.46. The average Bonchev–Trinajstić information content (AvgIpc) is 2.42. The van der Waals surface area contributed by atoms with Crippen LogP contribution < -0.4 is 0 Å². The summed E-state index contributed by atoms with van der Waals surface area (Å²) in [5, 5.41) is 8.54. The molecule has 4 nitrogen and oxygen atoms in total. The molecule has 1 rings (SSSR count). The lowest BCUT2D eigenvalue weighted by atomic mass is 10.00. The molecule has 0 aromatic heterocycles. The average molecular weight is 466 g/mol. The van der Waals surface area contributed by atoms with Gasteiger partial charge >= 0.3 is 24.0 Å². The fraction of sp³-hybridized carbons (Fsp3) is 0.429. The number of hydrogen-bond donors (Lipinski definition) is 1. The van der Waals surface area contributed by atoms with Crippen LogP contribution in [0, 0.1) is 9.49 Å². The molecule has 24 heavy (non-hydrogen) atoms. The summed E-state index contributed by atoms with van der Waals surface area (Å²) in [5.74, 6) is -9.78. The monoisotopic (exact) mass is 466 g/mol. The van der Waals surface area contributed by atoms with E-state index in [9.17, 15) is 31.5 Å². The number of ether oxygens (including phenoxy) is 1. The molecular weight excluding hydrogens is 454 g/mol. The van der Waals surface area contributed by atoms with Gasteiger partial charge in [0.2, 0.25) is 0 Å². The Morgan fingerprint density at radius 3 is 2.12 bits per heavy atom. The number of rotatable bonds is 5. The summed E-state index contributed by atoms with van der Waals surface area (Å²) in [5.41, 5.74) is -2.31. The van der Waals surface area contributed by atoms with Crippen LogP contribution in [-0.4, -0.2) is 29.1 Å². The van der Waals surface area contributed by atoms with Gasteiger partial charge in [0.05, 0.1) is 11.1 Å². The summed E-state index contributed by atoms with van der Waals surface area (Å²) in [4.78, 5) is 22.6. The maximum absolute atomic E-state index is 13.6. The smallest absolute Gasteiger partial charge is 0.417 e. The minimum absolute atomic E-state index is 0.174. The molecule has 10 heteroatoms. The van der Waals surface area contributed by atoms with Crippen LogP contribution in [0.3, 0.4) is 0 Å². The van der Waals surface area contributed by atoms with E-state index in [1.54, 1.807) is 22.6 Å². The molecule has 0 heterocycles. The fourth-order valence-electron chi connectivity index (χ4n) is 1.86. The molecule has 0 fully saturated rings. The Labute approximate surface area is 147 Å². The maximum atomic E-state index is 13.6. The van der Waals surface area contributed by atoms with Crippen LogP contribution in [0.15, 0.2) is 18.2 Å². The standard InChI is InChI=1S/C14H12F5IO4/c1-6(2)10(13(15,16)12(22)23)24-11(21)8-4-3-7(20)5-9(8)14(17,18)19/h3-6,10H,1-2H3,(H,22,23). The number of aliphatic carboxylic acids is 1. The lowest BCUT2D eigenvalue weighted by Crippen LogP contribution is -2.47. The van der Waals surface area contributed by atoms with E-state index < -0.39 is 47.2 Å². The van der Waals surface area contributed by atoms with Crippen LogP contribution in [0.5, 0.6) is 0 Å². The molecular formula is C14H12F5IO4. The minimum atomic E-state index is -4.90. The largest absolute Gasteiger partial charge is 0.477 e. The quantitative estimate of drug-likeness (QED) is 0.402. The highest BCUT2D eigenvalue weighted by molar-refractivity contribution is 14.1. The van der Waals surface area contributed by atoms with Gasteiger partial charge in [-0.1, -0.05) is 13.8 Å². The van der Waals surface area contributed by atoms with Gasteiger partial charge in [0.1, 0.15) is 0 Å². The van der Waals surface area contributed by atoms with E-state index in [1.165, 1.54) is 6.07 Å². The number of carboxylic acid groups (broad SMARTS) is 1. The van der Waals surface area contributed by atoms with Crippen molar-refractivity contribution in [1.82, 2.24) is 0 Å². The number of carbonyl (C=O) groups is 2. The van der Waals surface area contributed by atoms with E-state index in [4.69, 9.17) is 5.11 Å². The molecule has 0 saturated heterocycles. The third-order valence-electron chi connectivity index (χ3n) is 2.99. The second-order valence-corrected chi connectivity index (χ2v) is 6.43. The number of hydrogen-bond acceptors (Lipinski definition) is 3. The van der Waals surface area contributed by atoms with Crippen molar-refractivity contribution in [2.45, 2.75) is 32.1 Å². The zero-order valence-corrected chi connectivity index (χ0v) is 14.5. The van der Waals surface area contributed by atoms with Crippen LogP contribution in [0.25, 0.3) is 0 Å². The van der Waals surface area contributed by atoms with E-state index in [-0.39, 0.29) is 3.57 Å². The van der Waals surface area contributed by atoms with Crippen molar-refractivity contribution in [3.05, 3.63) is 32.9 Å². The first-order valence-electron chi connectivity index (χ1n) is 6.47. The van der Waals surface area contributed by atoms with Crippen molar-refractivity contribution in [2.24, 2.45) is 5.92 Å². The minimum Gasteiger partial charge on any atom is -0.477 e. The highest BCUT2D eigenvalue weighted by Gasteiger charge is 2.52. The predicted molar refractivity (Wildman–Crippen MR) is 80.8 cm³/mol. The Bertz CT molecular complexity index is 643. The van der Waals surface area contributed by atoms with Gasteiger partial charge in [0.25, 0.3) is 0 Å². The third-order valence-corrected chi connectivity index (χ3v) is 3.66. The lowest BCUT2D eigenvalue weighted by molar-refractivity contribution is -0.187. The van der Waals surface area contributed by atoms with Gasteiger partial charge in [-0.25, -0.2) is 9.59 Å². The zero-order chi connectivity index (χ0) is 18.9. The van der Waals surface area contributed by atoms with E-state index in [0.717, 1.165) is 19.9 Å². The first-order chi connectivity index (χ1) is 10.8. The molecule has 0 spiro atoms. The first-order valence-corrected chi connectivity index (χ1v) is 7.55. The highest BCUT2D eigenvalue weighted by atomic mass is 127. The van der Waals surface area contributed by atoms with Gasteiger partial charge in [0.15, 0.2) is 6.10 Å². The van der Waals surface area contributed by atoms with Gasteiger partial charge in [0, 0.05) is 3.57 Å². The SMILES string of the molecule is CC(C)C(OC(=O)c1ccc(I)cc1C(F)(F)F)C(F)(F)C(=O)O. The molecule has 134 valence electrons. The molecule has 1 atom stereocenters. The topological polar surface area (TPSA) is 63.6 Å². The summed E-state index contributed by atoms with van der Waals surface area (Å²) in [6.07, 6.45) is -7.32. The zero-order valence-electron chi connectivity index (χ0n) is 12.3. The van der Waals surface area contributed by atoms with Crippen molar-refractivity contribution < 1.29 is 41.4 Å². The lowest BCUT2D eigenvalue weighted by Gasteiger charge is -2.27. The molecule has 0 aliphatic rings. The van der Waals surface area contributed by atoms with Crippen LogP contribution in [0.2, 0.25) is 0 Å². The van der Waals surface area contributed by atoms with Gasteiger partial charge in [-0.05, 0) is 46.7 Å². The summed E-state index contributed by atoms with van der Waals surface area (Å²) >= 11 is 1.59. The fourth-order valence-corrected chi connectivity index (χ4v) is 2.35. The highest BCUT2D eigenvalue weighted by Crippen LogP contribution is 2.35. The van der Waals surface area contributed by atoms with Crippen LogP contribution in [-0.2, 0) is 15.7 Å². The Balaban J connectivity index is 3.26. The second kappa shape index (κ2) is 7.19. The summed E-state index contributed by atoms with van der Waals surface area (Å²) in [7, 11) is 0. The van der Waals surface area contributed by atoms with E-state index >= 15 is 0 Å². The molecule has 1 N–H and O–H groups in total. The maximum Gasteiger partial charge on any atom is 0.417 e. The van der Waals surface area contributed by atoms with Gasteiger partial charge in [-0.15, -0.1) is 0 Å². The summed E-state index contributed by atoms with van der Waals surface area (Å²) in [6, 6.07) is 2.63. The van der Waals surface area contributed by atoms with Crippen LogP contribution >= 0.6 is 22.6 Å². The molecule has 0 bridgehead atoms. The Morgan fingerprint density at radius 1 is 1.17 bits per heavy atom. The van der Waals surface area contributed by atoms with Crippen molar-refractivity contribution in [1.29, 1.82) is 0 Å². The Morgan fingerprint density at radius 2 is 1.71 bits per heavy atom. The number of esters is 1. The second-order valence-electron chi connectivity index (χ2n) is 5.19. The van der Waals surface area contributed by atoms with Gasteiger partial charge in [-0.2, -0.15) is 22.0 Å². The molecule has 0 aliphatic carbocycles. The summed E-state index contributed by atoms with van der Waals surface area (Å²) < 4.78 is 70.9. The molecule has 0 amide bonds. The number of halogens is 6. The number of carboxylic acids is 1.